The second-order valence-electron chi connectivity index (χ2n) is 7.82. The summed E-state index contributed by atoms with van der Waals surface area (Å²) >= 11 is 1.57. The van der Waals surface area contributed by atoms with Crippen LogP contribution in [-0.2, 0) is 13.1 Å². The average Bonchev–Trinajstić information content (AvgIpc) is 3.25. The number of hydrogen-bond donors (Lipinski definition) is 2. The third kappa shape index (κ3) is 5.93. The Bertz CT molecular complexity index is 1280. The number of thioether (sulfide) groups is 1. The van der Waals surface area contributed by atoms with E-state index in [4.69, 9.17) is 5.26 Å². The van der Waals surface area contributed by atoms with Gasteiger partial charge in [0.05, 0.1) is 35.0 Å². The summed E-state index contributed by atoms with van der Waals surface area (Å²) in [5.74, 6) is 0.630. The second kappa shape index (κ2) is 10.7. The Morgan fingerprint density at radius 1 is 1.06 bits per heavy atom. The molecule has 2 N–H and O–H groups in total. The molecule has 0 radical (unpaired) electrons. The molecule has 1 aromatic heterocycles. The van der Waals surface area contributed by atoms with Crippen LogP contribution in [0.3, 0.4) is 0 Å². The highest BCUT2D eigenvalue weighted by atomic mass is 32.2. The van der Waals surface area contributed by atoms with Crippen LogP contribution in [-0.4, -0.2) is 21.3 Å². The lowest BCUT2D eigenvalue weighted by molar-refractivity contribution is 0.251. The van der Waals surface area contributed by atoms with Crippen LogP contribution >= 0.6 is 11.8 Å². The standard InChI is InChI=1S/C26H25N5OS/c1-19(14-27)17-33-25-9-5-3-7-23(25)30-26(32)28-15-20-10-12-21(13-11-20)16-31-18-29-22-6-2-4-8-24(22)31/h2-13,18-19H,15-17H2,1H3,(H2,28,30,32). The first-order valence-electron chi connectivity index (χ1n) is 10.8. The lowest BCUT2D eigenvalue weighted by Gasteiger charge is -2.12. The molecule has 0 saturated heterocycles. The summed E-state index contributed by atoms with van der Waals surface area (Å²) in [6.45, 7) is 3.06. The van der Waals surface area contributed by atoms with Gasteiger partial charge in [-0.2, -0.15) is 5.26 Å². The summed E-state index contributed by atoms with van der Waals surface area (Å²) in [7, 11) is 0. The maximum atomic E-state index is 12.4. The summed E-state index contributed by atoms with van der Waals surface area (Å²) in [4.78, 5) is 17.8. The maximum absolute atomic E-state index is 12.4. The van der Waals surface area contributed by atoms with Gasteiger partial charge in [-0.3, -0.25) is 0 Å². The molecule has 1 unspecified atom stereocenters. The molecule has 4 aromatic rings. The van der Waals surface area contributed by atoms with E-state index >= 15 is 0 Å². The number of benzene rings is 3. The van der Waals surface area contributed by atoms with Crippen molar-refractivity contribution < 1.29 is 4.79 Å². The van der Waals surface area contributed by atoms with Crippen molar-refractivity contribution in [1.82, 2.24) is 14.9 Å². The van der Waals surface area contributed by atoms with Crippen LogP contribution < -0.4 is 10.6 Å². The van der Waals surface area contributed by atoms with Crippen LogP contribution in [0, 0.1) is 17.2 Å². The van der Waals surface area contributed by atoms with Gasteiger partial charge >= 0.3 is 6.03 Å². The van der Waals surface area contributed by atoms with E-state index in [0.717, 1.165) is 33.7 Å². The number of amides is 2. The van der Waals surface area contributed by atoms with Crippen LogP contribution in [0.1, 0.15) is 18.1 Å². The molecule has 3 aromatic carbocycles. The van der Waals surface area contributed by atoms with Gasteiger partial charge in [0, 0.05) is 23.7 Å². The largest absolute Gasteiger partial charge is 0.334 e. The number of urea groups is 1. The van der Waals surface area contributed by atoms with Gasteiger partial charge in [-0.15, -0.1) is 11.8 Å². The monoisotopic (exact) mass is 455 g/mol. The van der Waals surface area contributed by atoms with Crippen molar-refractivity contribution in [3.05, 3.63) is 90.3 Å². The van der Waals surface area contributed by atoms with E-state index < -0.39 is 0 Å². The zero-order valence-electron chi connectivity index (χ0n) is 18.4. The Kier molecular flexibility index (Phi) is 7.28. The van der Waals surface area contributed by atoms with Crippen molar-refractivity contribution >= 4 is 34.5 Å². The SMILES string of the molecule is CC(C#N)CSc1ccccc1NC(=O)NCc1ccc(Cn2cnc3ccccc32)cc1. The van der Waals surface area contributed by atoms with Crippen molar-refractivity contribution in [3.63, 3.8) is 0 Å². The molecule has 2 amide bonds. The van der Waals surface area contributed by atoms with Gasteiger partial charge in [0.25, 0.3) is 0 Å². The number of rotatable bonds is 8. The number of carbonyl (C=O) groups excluding carboxylic acids is 1. The molecule has 1 heterocycles. The molecule has 6 nitrogen and oxygen atoms in total. The first-order valence-corrected chi connectivity index (χ1v) is 11.7. The smallest absolute Gasteiger partial charge is 0.319 e. The topological polar surface area (TPSA) is 82.7 Å². The van der Waals surface area contributed by atoms with Crippen LogP contribution in [0.2, 0.25) is 0 Å². The molecular weight excluding hydrogens is 430 g/mol. The zero-order valence-corrected chi connectivity index (χ0v) is 19.2. The van der Waals surface area contributed by atoms with E-state index in [9.17, 15) is 4.79 Å². The summed E-state index contributed by atoms with van der Waals surface area (Å²) in [5, 5.41) is 14.8. The van der Waals surface area contributed by atoms with Crippen molar-refractivity contribution in [1.29, 1.82) is 5.26 Å². The molecule has 7 heteroatoms. The van der Waals surface area contributed by atoms with Crippen LogP contribution in [0.5, 0.6) is 0 Å². The fraction of sp³-hybridized carbons (Fsp3) is 0.192. The van der Waals surface area contributed by atoms with Crippen LogP contribution in [0.25, 0.3) is 11.0 Å². The minimum absolute atomic E-state index is 0.0487. The fourth-order valence-electron chi connectivity index (χ4n) is 3.39. The molecule has 0 aliphatic heterocycles. The zero-order chi connectivity index (χ0) is 23.0. The number of nitrogens with one attached hydrogen (secondary N) is 2. The van der Waals surface area contributed by atoms with Crippen LogP contribution in [0.4, 0.5) is 10.5 Å². The number of imidazole rings is 1. The molecule has 0 spiro atoms. The number of anilines is 1. The maximum Gasteiger partial charge on any atom is 0.319 e. The first kappa shape index (κ1) is 22.4. The summed E-state index contributed by atoms with van der Waals surface area (Å²) in [6.07, 6.45) is 1.86. The Balaban J connectivity index is 1.31. The highest BCUT2D eigenvalue weighted by molar-refractivity contribution is 7.99. The minimum Gasteiger partial charge on any atom is -0.334 e. The third-order valence-corrected chi connectivity index (χ3v) is 6.53. The average molecular weight is 456 g/mol. The van der Waals surface area contributed by atoms with Gasteiger partial charge in [0.2, 0.25) is 0 Å². The predicted molar refractivity (Wildman–Crippen MR) is 133 cm³/mol. The third-order valence-electron chi connectivity index (χ3n) is 5.20. The number of hydrogen-bond acceptors (Lipinski definition) is 4. The Hall–Kier alpha value is -3.76. The molecule has 0 aliphatic rings. The number of nitriles is 1. The van der Waals surface area contributed by atoms with E-state index in [2.05, 4.69) is 44.5 Å². The number of carbonyl (C=O) groups is 1. The molecule has 33 heavy (non-hydrogen) atoms. The number of nitrogens with zero attached hydrogens (tertiary/aromatic N) is 3. The minimum atomic E-state index is -0.259. The molecule has 1 atom stereocenters. The summed E-state index contributed by atoms with van der Waals surface area (Å²) in [6, 6.07) is 25.9. The lowest BCUT2D eigenvalue weighted by Crippen LogP contribution is -2.28. The highest BCUT2D eigenvalue weighted by Crippen LogP contribution is 2.28. The van der Waals surface area contributed by atoms with Gasteiger partial charge in [-0.25, -0.2) is 9.78 Å². The van der Waals surface area contributed by atoms with Gasteiger partial charge in [0.1, 0.15) is 0 Å². The summed E-state index contributed by atoms with van der Waals surface area (Å²) < 4.78 is 2.13. The lowest BCUT2D eigenvalue weighted by atomic mass is 10.1. The van der Waals surface area contributed by atoms with Gasteiger partial charge in [0.15, 0.2) is 0 Å². The van der Waals surface area contributed by atoms with Crippen molar-refractivity contribution in [3.8, 4) is 6.07 Å². The van der Waals surface area contributed by atoms with Crippen molar-refractivity contribution in [2.75, 3.05) is 11.1 Å². The van der Waals surface area contributed by atoms with Gasteiger partial charge in [-0.05, 0) is 42.3 Å². The number of fused-ring (bicyclic) bond motifs is 1. The van der Waals surface area contributed by atoms with Crippen molar-refractivity contribution in [2.24, 2.45) is 5.92 Å². The number of aromatic nitrogens is 2. The van der Waals surface area contributed by atoms with E-state index in [-0.39, 0.29) is 11.9 Å². The molecule has 0 saturated carbocycles. The van der Waals surface area contributed by atoms with E-state index in [1.807, 2.05) is 67.8 Å². The quantitative estimate of drug-likeness (QED) is 0.336. The van der Waals surface area contributed by atoms with E-state index in [0.29, 0.717) is 12.3 Å². The molecule has 0 bridgehead atoms. The highest BCUT2D eigenvalue weighted by Gasteiger charge is 2.09. The van der Waals surface area contributed by atoms with Crippen LogP contribution in [0.15, 0.2) is 84.0 Å². The fourth-order valence-corrected chi connectivity index (χ4v) is 4.35. The Morgan fingerprint density at radius 3 is 2.61 bits per heavy atom. The molecule has 0 aliphatic carbocycles. The molecular formula is C26H25N5OS. The van der Waals surface area contributed by atoms with Gasteiger partial charge in [-0.1, -0.05) is 48.5 Å². The summed E-state index contributed by atoms with van der Waals surface area (Å²) in [5.41, 5.74) is 5.04. The van der Waals surface area contributed by atoms with E-state index in [1.165, 1.54) is 5.56 Å². The number of para-hydroxylation sites is 3. The van der Waals surface area contributed by atoms with Gasteiger partial charge < -0.3 is 15.2 Å². The Labute approximate surface area is 197 Å². The Morgan fingerprint density at radius 2 is 1.79 bits per heavy atom. The van der Waals surface area contributed by atoms with E-state index in [1.54, 1.807) is 11.8 Å². The van der Waals surface area contributed by atoms with Crippen molar-refractivity contribution in [2.45, 2.75) is 24.9 Å². The second-order valence-corrected chi connectivity index (χ2v) is 8.88. The molecule has 0 fully saturated rings. The molecule has 166 valence electrons. The normalized spacial score (nSPS) is 11.6. The molecule has 4 rings (SSSR count). The first-order chi connectivity index (χ1) is 16.1. The predicted octanol–water partition coefficient (Wildman–Crippen LogP) is 5.66.